The number of ketones is 1. The van der Waals surface area contributed by atoms with Gasteiger partial charge in [-0.15, -0.1) is 11.3 Å². The molecule has 0 radical (unpaired) electrons. The lowest BCUT2D eigenvalue weighted by molar-refractivity contribution is 0.105. The first-order valence-electron chi connectivity index (χ1n) is 6.61. The molecule has 3 aromatic rings. The van der Waals surface area contributed by atoms with Crippen LogP contribution < -0.4 is 0 Å². The van der Waals surface area contributed by atoms with Crippen LogP contribution in [-0.4, -0.2) is 15.6 Å². The Balaban J connectivity index is 1.75. The average Bonchev–Trinajstić information content (AvgIpc) is 3.15. The molecule has 0 aliphatic heterocycles. The molecule has 0 saturated carbocycles. The van der Waals surface area contributed by atoms with Crippen molar-refractivity contribution in [3.05, 3.63) is 76.3 Å². The lowest BCUT2D eigenvalue weighted by Gasteiger charge is -1.98. The van der Waals surface area contributed by atoms with Crippen LogP contribution in [0.2, 0.25) is 0 Å². The summed E-state index contributed by atoms with van der Waals surface area (Å²) in [6, 6.07) is 13.7. The minimum atomic E-state index is 0.0283. The molecule has 3 nitrogen and oxygen atoms in total. The molecule has 104 valence electrons. The molecule has 2 heterocycles. The molecule has 2 aromatic heterocycles. The smallest absolute Gasteiger partial charge is 0.195 e. The summed E-state index contributed by atoms with van der Waals surface area (Å²) in [5.74, 6) is 0.0283. The van der Waals surface area contributed by atoms with Crippen molar-refractivity contribution in [3.63, 3.8) is 0 Å². The predicted molar refractivity (Wildman–Crippen MR) is 86.0 cm³/mol. The number of para-hydroxylation sites is 1. The number of benzene rings is 1. The standard InChI is InChI=1S/C17H14N2OS/c1-13-7-10-17(21-13)16(20)9-8-14-11-18-19(12-14)15-5-3-2-4-6-15/h2-12H,1H3. The molecule has 21 heavy (non-hydrogen) atoms. The number of hydrogen-bond donors (Lipinski definition) is 0. The van der Waals surface area contributed by atoms with Crippen LogP contribution in [0.4, 0.5) is 0 Å². The van der Waals surface area contributed by atoms with Gasteiger partial charge in [-0.1, -0.05) is 18.2 Å². The summed E-state index contributed by atoms with van der Waals surface area (Å²) in [5.41, 5.74) is 1.90. The van der Waals surface area contributed by atoms with Gasteiger partial charge in [0.1, 0.15) is 0 Å². The number of hydrogen-bond acceptors (Lipinski definition) is 3. The highest BCUT2D eigenvalue weighted by Crippen LogP contribution is 2.16. The number of carbonyl (C=O) groups excluding carboxylic acids is 1. The van der Waals surface area contributed by atoms with E-state index in [1.54, 1.807) is 23.0 Å². The van der Waals surface area contributed by atoms with E-state index in [1.807, 2.05) is 55.6 Å². The van der Waals surface area contributed by atoms with E-state index in [9.17, 15) is 4.79 Å². The lowest BCUT2D eigenvalue weighted by Crippen LogP contribution is -1.92. The first-order chi connectivity index (χ1) is 10.2. The normalized spacial score (nSPS) is 11.1. The van der Waals surface area contributed by atoms with Crippen LogP contribution in [0.5, 0.6) is 0 Å². The Morgan fingerprint density at radius 1 is 1.19 bits per heavy atom. The van der Waals surface area contributed by atoms with Gasteiger partial charge in [0, 0.05) is 16.6 Å². The van der Waals surface area contributed by atoms with Crippen molar-refractivity contribution in [2.75, 3.05) is 0 Å². The van der Waals surface area contributed by atoms with Gasteiger partial charge in [-0.2, -0.15) is 5.10 Å². The van der Waals surface area contributed by atoms with Gasteiger partial charge in [0.25, 0.3) is 0 Å². The quantitative estimate of drug-likeness (QED) is 0.535. The third kappa shape index (κ3) is 3.17. The van der Waals surface area contributed by atoms with E-state index in [0.29, 0.717) is 0 Å². The molecule has 0 saturated heterocycles. The van der Waals surface area contributed by atoms with Gasteiger partial charge in [-0.25, -0.2) is 4.68 Å². The van der Waals surface area contributed by atoms with Crippen molar-refractivity contribution in [3.8, 4) is 5.69 Å². The first-order valence-corrected chi connectivity index (χ1v) is 7.43. The van der Waals surface area contributed by atoms with Crippen molar-refractivity contribution in [2.24, 2.45) is 0 Å². The number of aromatic nitrogens is 2. The maximum absolute atomic E-state index is 12.0. The van der Waals surface area contributed by atoms with Crippen molar-refractivity contribution in [1.82, 2.24) is 9.78 Å². The monoisotopic (exact) mass is 294 g/mol. The molecule has 0 amide bonds. The molecule has 0 N–H and O–H groups in total. The summed E-state index contributed by atoms with van der Waals surface area (Å²) in [6.45, 7) is 2.00. The van der Waals surface area contributed by atoms with Gasteiger partial charge < -0.3 is 0 Å². The highest BCUT2D eigenvalue weighted by Gasteiger charge is 2.04. The average molecular weight is 294 g/mol. The third-order valence-electron chi connectivity index (χ3n) is 3.03. The summed E-state index contributed by atoms with van der Waals surface area (Å²) in [6.07, 6.45) is 7.04. The predicted octanol–water partition coefficient (Wildman–Crippen LogP) is 4.14. The fourth-order valence-electron chi connectivity index (χ4n) is 1.97. The van der Waals surface area contributed by atoms with Crippen molar-refractivity contribution < 1.29 is 4.79 Å². The van der Waals surface area contributed by atoms with Crippen LogP contribution in [-0.2, 0) is 0 Å². The maximum Gasteiger partial charge on any atom is 0.195 e. The molecule has 0 aliphatic rings. The fraction of sp³-hybridized carbons (Fsp3) is 0.0588. The van der Waals surface area contributed by atoms with E-state index in [1.165, 1.54) is 11.3 Å². The lowest BCUT2D eigenvalue weighted by atomic mass is 10.2. The van der Waals surface area contributed by atoms with Crippen molar-refractivity contribution in [1.29, 1.82) is 0 Å². The summed E-state index contributed by atoms with van der Waals surface area (Å²) in [5, 5.41) is 4.30. The molecule has 1 aromatic carbocycles. The van der Waals surface area contributed by atoms with Crippen LogP contribution in [0.3, 0.4) is 0 Å². The topological polar surface area (TPSA) is 34.9 Å². The van der Waals surface area contributed by atoms with E-state index < -0.39 is 0 Å². The van der Waals surface area contributed by atoms with E-state index in [-0.39, 0.29) is 5.78 Å². The Morgan fingerprint density at radius 3 is 2.71 bits per heavy atom. The summed E-state index contributed by atoms with van der Waals surface area (Å²) in [7, 11) is 0. The Morgan fingerprint density at radius 2 is 2.00 bits per heavy atom. The van der Waals surface area contributed by atoms with E-state index >= 15 is 0 Å². The SMILES string of the molecule is Cc1ccc(C(=O)C=Cc2cnn(-c3ccccc3)c2)s1. The number of thiophene rings is 1. The number of nitrogens with zero attached hydrogens (tertiary/aromatic N) is 2. The molecule has 3 rings (SSSR count). The van der Waals surface area contributed by atoms with Crippen LogP contribution in [0.15, 0.2) is 60.9 Å². The molecule has 0 fully saturated rings. The molecule has 0 spiro atoms. The molecule has 0 bridgehead atoms. The van der Waals surface area contributed by atoms with Crippen LogP contribution in [0.25, 0.3) is 11.8 Å². The second-order valence-electron chi connectivity index (χ2n) is 4.66. The van der Waals surface area contributed by atoms with E-state index in [2.05, 4.69) is 5.10 Å². The van der Waals surface area contributed by atoms with Gasteiger partial charge in [-0.05, 0) is 43.3 Å². The molecule has 0 aliphatic carbocycles. The zero-order valence-electron chi connectivity index (χ0n) is 11.6. The minimum Gasteiger partial charge on any atom is -0.288 e. The van der Waals surface area contributed by atoms with Crippen LogP contribution in [0, 0.1) is 6.92 Å². The second-order valence-corrected chi connectivity index (χ2v) is 5.95. The fourth-order valence-corrected chi connectivity index (χ4v) is 2.75. The highest BCUT2D eigenvalue weighted by molar-refractivity contribution is 7.14. The Bertz CT molecular complexity index is 784. The van der Waals surface area contributed by atoms with Gasteiger partial charge in [0.15, 0.2) is 5.78 Å². The van der Waals surface area contributed by atoms with Crippen molar-refractivity contribution in [2.45, 2.75) is 6.92 Å². The van der Waals surface area contributed by atoms with Gasteiger partial charge in [0.2, 0.25) is 0 Å². The zero-order valence-corrected chi connectivity index (χ0v) is 12.4. The van der Waals surface area contributed by atoms with Crippen LogP contribution >= 0.6 is 11.3 Å². The zero-order chi connectivity index (χ0) is 14.7. The molecule has 0 atom stereocenters. The summed E-state index contributed by atoms with van der Waals surface area (Å²) in [4.78, 5) is 13.9. The number of carbonyl (C=O) groups is 1. The largest absolute Gasteiger partial charge is 0.288 e. The van der Waals surface area contributed by atoms with Crippen LogP contribution in [0.1, 0.15) is 20.1 Å². The Hall–Kier alpha value is -2.46. The molecule has 0 unspecified atom stereocenters. The first kappa shape index (κ1) is 13.5. The maximum atomic E-state index is 12.0. The second kappa shape index (κ2) is 5.89. The summed E-state index contributed by atoms with van der Waals surface area (Å²) >= 11 is 1.51. The number of allylic oxidation sites excluding steroid dienone is 1. The van der Waals surface area contributed by atoms with E-state index in [0.717, 1.165) is 21.0 Å². The summed E-state index contributed by atoms with van der Waals surface area (Å²) < 4.78 is 1.79. The highest BCUT2D eigenvalue weighted by atomic mass is 32.1. The molecular formula is C17H14N2OS. The van der Waals surface area contributed by atoms with Gasteiger partial charge in [0.05, 0.1) is 16.8 Å². The Kier molecular flexibility index (Phi) is 3.79. The van der Waals surface area contributed by atoms with Crippen molar-refractivity contribution >= 4 is 23.2 Å². The van der Waals surface area contributed by atoms with Gasteiger partial charge in [-0.3, -0.25) is 4.79 Å². The number of aryl methyl sites for hydroxylation is 1. The minimum absolute atomic E-state index is 0.0283. The van der Waals surface area contributed by atoms with E-state index in [4.69, 9.17) is 0 Å². The van der Waals surface area contributed by atoms with Gasteiger partial charge >= 0.3 is 0 Å². The molecule has 4 heteroatoms. The Labute approximate surface area is 127 Å². The third-order valence-corrected chi connectivity index (χ3v) is 4.05. The molecular weight excluding hydrogens is 280 g/mol. The number of rotatable bonds is 4.